The number of carbonyl (C=O) groups excluding carboxylic acids is 2. The number of hydrogen-bond acceptors (Lipinski definition) is 6. The van der Waals surface area contributed by atoms with E-state index in [-0.39, 0.29) is 12.5 Å². The van der Waals surface area contributed by atoms with Crippen LogP contribution in [-0.2, 0) is 16.0 Å². The molecule has 1 aliphatic heterocycles. The van der Waals surface area contributed by atoms with Gasteiger partial charge >= 0.3 is 0 Å². The SMILES string of the molecule is C=CN(N)c1ccc(CCC(=O)[C@H](O)[C@@H](O)C(=O)N2CCCC2c2cccc(Cl)c2)cc1. The second-order valence-corrected chi connectivity index (χ2v) is 8.29. The van der Waals surface area contributed by atoms with Gasteiger partial charge in [-0.05, 0) is 54.7 Å². The van der Waals surface area contributed by atoms with Crippen molar-refractivity contribution in [3.8, 4) is 0 Å². The molecule has 0 saturated carbocycles. The van der Waals surface area contributed by atoms with Gasteiger partial charge in [0.05, 0.1) is 11.7 Å². The first-order valence-electron chi connectivity index (χ1n) is 10.5. The first-order valence-corrected chi connectivity index (χ1v) is 10.9. The van der Waals surface area contributed by atoms with Crippen LogP contribution in [0.15, 0.2) is 61.3 Å². The Hall–Kier alpha value is -2.71. The number of amides is 1. The van der Waals surface area contributed by atoms with E-state index >= 15 is 0 Å². The van der Waals surface area contributed by atoms with E-state index in [1.54, 1.807) is 24.3 Å². The number of ketones is 1. The molecule has 1 fully saturated rings. The fraction of sp³-hybridized carbons (Fsp3) is 0.333. The van der Waals surface area contributed by atoms with Crippen LogP contribution in [0.1, 0.15) is 36.4 Å². The summed E-state index contributed by atoms with van der Waals surface area (Å²) in [5.41, 5.74) is 2.48. The minimum absolute atomic E-state index is 0.00360. The number of aliphatic hydroxyl groups is 2. The monoisotopic (exact) mass is 457 g/mol. The van der Waals surface area contributed by atoms with Crippen molar-refractivity contribution in [2.24, 2.45) is 5.84 Å². The molecular formula is C24H28ClN3O4. The molecule has 0 spiro atoms. The molecule has 1 aliphatic rings. The number of aryl methyl sites for hydroxylation is 1. The number of carbonyl (C=O) groups is 2. The van der Waals surface area contributed by atoms with Crippen molar-refractivity contribution in [3.05, 3.63) is 77.5 Å². The first kappa shape index (κ1) is 23.9. The lowest BCUT2D eigenvalue weighted by atomic mass is 10.00. The number of aliphatic hydroxyl groups excluding tert-OH is 2. The molecule has 1 unspecified atom stereocenters. The van der Waals surface area contributed by atoms with E-state index in [2.05, 4.69) is 6.58 Å². The fourth-order valence-electron chi connectivity index (χ4n) is 3.93. The van der Waals surface area contributed by atoms with Crippen LogP contribution in [0.2, 0.25) is 5.02 Å². The third kappa shape index (κ3) is 5.55. The number of halogens is 1. The topological polar surface area (TPSA) is 107 Å². The highest BCUT2D eigenvalue weighted by Gasteiger charge is 2.38. The van der Waals surface area contributed by atoms with E-state index in [1.807, 2.05) is 24.3 Å². The molecule has 170 valence electrons. The summed E-state index contributed by atoms with van der Waals surface area (Å²) in [5, 5.41) is 22.7. The second-order valence-electron chi connectivity index (χ2n) is 7.86. The average molecular weight is 458 g/mol. The van der Waals surface area contributed by atoms with E-state index in [9.17, 15) is 19.8 Å². The Labute approximate surface area is 192 Å². The van der Waals surface area contributed by atoms with Gasteiger partial charge in [0.15, 0.2) is 11.9 Å². The van der Waals surface area contributed by atoms with Crippen molar-refractivity contribution in [1.82, 2.24) is 4.90 Å². The van der Waals surface area contributed by atoms with E-state index in [0.29, 0.717) is 18.0 Å². The van der Waals surface area contributed by atoms with Crippen molar-refractivity contribution in [2.45, 2.75) is 43.9 Å². The van der Waals surface area contributed by atoms with Gasteiger partial charge in [-0.25, -0.2) is 5.84 Å². The maximum Gasteiger partial charge on any atom is 0.255 e. The Morgan fingerprint density at radius 1 is 1.22 bits per heavy atom. The normalized spacial score (nSPS) is 17.6. The van der Waals surface area contributed by atoms with E-state index < -0.39 is 23.9 Å². The predicted octanol–water partition coefficient (Wildman–Crippen LogP) is 2.75. The largest absolute Gasteiger partial charge is 0.382 e. The van der Waals surface area contributed by atoms with Gasteiger partial charge in [0.25, 0.3) is 5.91 Å². The van der Waals surface area contributed by atoms with Crippen LogP contribution in [0.4, 0.5) is 5.69 Å². The van der Waals surface area contributed by atoms with Crippen molar-refractivity contribution >= 4 is 29.0 Å². The number of anilines is 1. The van der Waals surface area contributed by atoms with Gasteiger partial charge < -0.3 is 15.1 Å². The molecule has 2 aromatic carbocycles. The lowest BCUT2D eigenvalue weighted by Gasteiger charge is -2.28. The molecule has 0 bridgehead atoms. The highest BCUT2D eigenvalue weighted by Crippen LogP contribution is 2.33. The summed E-state index contributed by atoms with van der Waals surface area (Å²) in [6, 6.07) is 14.2. The maximum atomic E-state index is 12.9. The molecule has 0 aromatic heterocycles. The summed E-state index contributed by atoms with van der Waals surface area (Å²) >= 11 is 6.07. The van der Waals surface area contributed by atoms with Gasteiger partial charge in [-0.1, -0.05) is 42.4 Å². The summed E-state index contributed by atoms with van der Waals surface area (Å²) in [6.45, 7) is 4.04. The van der Waals surface area contributed by atoms with Crippen LogP contribution in [0.3, 0.4) is 0 Å². The zero-order valence-electron chi connectivity index (χ0n) is 17.7. The molecule has 0 radical (unpaired) electrons. The molecule has 1 heterocycles. The van der Waals surface area contributed by atoms with Gasteiger partial charge in [-0.15, -0.1) is 0 Å². The molecule has 1 amide bonds. The summed E-state index contributed by atoms with van der Waals surface area (Å²) < 4.78 is 0. The quantitative estimate of drug-likeness (QED) is 0.395. The summed E-state index contributed by atoms with van der Waals surface area (Å²) in [5.74, 6) is 4.50. The fourth-order valence-corrected chi connectivity index (χ4v) is 4.13. The van der Waals surface area contributed by atoms with Gasteiger partial charge in [0, 0.05) is 24.2 Å². The second kappa shape index (κ2) is 10.7. The summed E-state index contributed by atoms with van der Waals surface area (Å²) in [6.07, 6.45) is -0.246. The molecule has 32 heavy (non-hydrogen) atoms. The maximum absolute atomic E-state index is 12.9. The Balaban J connectivity index is 1.59. The molecule has 2 aromatic rings. The Morgan fingerprint density at radius 3 is 2.59 bits per heavy atom. The van der Waals surface area contributed by atoms with Crippen LogP contribution < -0.4 is 10.9 Å². The summed E-state index contributed by atoms with van der Waals surface area (Å²) in [7, 11) is 0. The third-order valence-electron chi connectivity index (χ3n) is 5.74. The van der Waals surface area contributed by atoms with Gasteiger partial charge in [-0.3, -0.25) is 14.6 Å². The van der Waals surface area contributed by atoms with Crippen LogP contribution in [0.25, 0.3) is 0 Å². The highest BCUT2D eigenvalue weighted by molar-refractivity contribution is 6.30. The first-order chi connectivity index (χ1) is 15.3. The number of hydrazine groups is 1. The lowest BCUT2D eigenvalue weighted by molar-refractivity contribution is -0.153. The molecule has 7 nitrogen and oxygen atoms in total. The van der Waals surface area contributed by atoms with Crippen LogP contribution in [0, 0.1) is 0 Å². The molecule has 4 N–H and O–H groups in total. The molecule has 8 heteroatoms. The number of likely N-dealkylation sites (tertiary alicyclic amines) is 1. The number of Topliss-reactive ketones (excluding diaryl/α,β-unsaturated/α-hetero) is 1. The molecule has 3 rings (SSSR count). The van der Waals surface area contributed by atoms with Crippen LogP contribution in [-0.4, -0.2) is 45.6 Å². The van der Waals surface area contributed by atoms with Crippen molar-refractivity contribution in [1.29, 1.82) is 0 Å². The molecular weight excluding hydrogens is 430 g/mol. The average Bonchev–Trinajstić information content (AvgIpc) is 3.31. The van der Waals surface area contributed by atoms with Gasteiger partial charge in [0.2, 0.25) is 0 Å². The standard InChI is InChI=1S/C24H28ClN3O4/c1-2-28(26)19-11-8-16(9-12-19)10-13-21(29)22(30)23(31)24(32)27-14-4-7-20(27)17-5-3-6-18(25)15-17/h2-3,5-6,8-9,11-12,15,20,22-23,30-31H,1,4,7,10,13-14,26H2/t20?,22-,23+/m0/s1. The van der Waals surface area contributed by atoms with Gasteiger partial charge in [-0.2, -0.15) is 0 Å². The Bertz CT molecular complexity index is 966. The van der Waals surface area contributed by atoms with E-state index in [4.69, 9.17) is 17.4 Å². The Morgan fingerprint density at radius 2 is 1.94 bits per heavy atom. The van der Waals surface area contributed by atoms with Crippen LogP contribution in [0.5, 0.6) is 0 Å². The zero-order valence-corrected chi connectivity index (χ0v) is 18.5. The number of rotatable bonds is 9. The Kier molecular flexibility index (Phi) is 8.04. The number of nitrogens with two attached hydrogens (primary N) is 1. The van der Waals surface area contributed by atoms with Crippen molar-refractivity contribution in [2.75, 3.05) is 11.6 Å². The molecule has 1 saturated heterocycles. The van der Waals surface area contributed by atoms with Crippen molar-refractivity contribution < 1.29 is 19.8 Å². The number of hydrogen-bond donors (Lipinski definition) is 3. The van der Waals surface area contributed by atoms with Crippen LogP contribution >= 0.6 is 11.6 Å². The van der Waals surface area contributed by atoms with Crippen molar-refractivity contribution in [3.63, 3.8) is 0 Å². The lowest BCUT2D eigenvalue weighted by Crippen LogP contribution is -2.47. The zero-order chi connectivity index (χ0) is 23.3. The highest BCUT2D eigenvalue weighted by atomic mass is 35.5. The smallest absolute Gasteiger partial charge is 0.255 e. The molecule has 3 atom stereocenters. The number of benzene rings is 2. The predicted molar refractivity (Wildman–Crippen MR) is 124 cm³/mol. The van der Waals surface area contributed by atoms with E-state index in [1.165, 1.54) is 16.1 Å². The minimum Gasteiger partial charge on any atom is -0.382 e. The minimum atomic E-state index is -1.80. The third-order valence-corrected chi connectivity index (χ3v) is 5.98. The number of nitrogens with zero attached hydrogens (tertiary/aromatic N) is 2. The summed E-state index contributed by atoms with van der Waals surface area (Å²) in [4.78, 5) is 26.8. The van der Waals surface area contributed by atoms with E-state index in [0.717, 1.165) is 29.7 Å². The van der Waals surface area contributed by atoms with Gasteiger partial charge in [0.1, 0.15) is 6.10 Å². The molecule has 0 aliphatic carbocycles.